The minimum Gasteiger partial charge on any atom is -0.481 e. The minimum atomic E-state index is -0.826. The van der Waals surface area contributed by atoms with Crippen LogP contribution < -0.4 is 0 Å². The molecule has 0 saturated heterocycles. The second-order valence-electron chi connectivity index (χ2n) is 5.79. The molecule has 20 heavy (non-hydrogen) atoms. The number of hydrogen-bond donors (Lipinski definition) is 1. The topological polar surface area (TPSA) is 76.2 Å². The second kappa shape index (κ2) is 5.45. The lowest BCUT2D eigenvalue weighted by molar-refractivity contribution is -0.139. The van der Waals surface area contributed by atoms with Crippen molar-refractivity contribution in [3.05, 3.63) is 35.7 Å². The van der Waals surface area contributed by atoms with E-state index in [2.05, 4.69) is 10.1 Å². The van der Waals surface area contributed by atoms with Crippen LogP contribution in [-0.4, -0.2) is 21.2 Å². The van der Waals surface area contributed by atoms with Gasteiger partial charge in [0.25, 0.3) is 0 Å². The number of carboxylic acids is 1. The van der Waals surface area contributed by atoms with Crippen molar-refractivity contribution < 1.29 is 14.4 Å². The molecule has 1 aromatic heterocycles. The van der Waals surface area contributed by atoms with E-state index in [9.17, 15) is 4.79 Å². The van der Waals surface area contributed by atoms with Gasteiger partial charge in [-0.1, -0.05) is 42.8 Å². The zero-order valence-electron chi connectivity index (χ0n) is 11.9. The zero-order chi connectivity index (χ0) is 14.8. The Kier molecular flexibility index (Phi) is 3.88. The highest BCUT2D eigenvalue weighted by molar-refractivity contribution is 5.67. The SMILES string of the molecule is Cc1cccc(-c2noc(CC(C)(C)CC(=O)O)n2)c1. The van der Waals surface area contributed by atoms with Crippen molar-refractivity contribution in [3.63, 3.8) is 0 Å². The summed E-state index contributed by atoms with van der Waals surface area (Å²) in [7, 11) is 0. The molecule has 0 fully saturated rings. The van der Waals surface area contributed by atoms with Crippen molar-refractivity contribution >= 4 is 5.97 Å². The lowest BCUT2D eigenvalue weighted by atomic mass is 9.86. The number of aromatic nitrogens is 2. The van der Waals surface area contributed by atoms with Crippen molar-refractivity contribution in [1.29, 1.82) is 0 Å². The quantitative estimate of drug-likeness (QED) is 0.906. The Morgan fingerprint density at radius 2 is 2.15 bits per heavy atom. The van der Waals surface area contributed by atoms with Gasteiger partial charge >= 0.3 is 5.97 Å². The van der Waals surface area contributed by atoms with Crippen molar-refractivity contribution in [3.8, 4) is 11.4 Å². The van der Waals surface area contributed by atoms with Crippen molar-refractivity contribution in [1.82, 2.24) is 10.1 Å². The summed E-state index contributed by atoms with van der Waals surface area (Å²) >= 11 is 0. The minimum absolute atomic E-state index is 0.0646. The van der Waals surface area contributed by atoms with E-state index in [-0.39, 0.29) is 6.42 Å². The summed E-state index contributed by atoms with van der Waals surface area (Å²) in [4.78, 5) is 15.1. The van der Waals surface area contributed by atoms with E-state index in [1.807, 2.05) is 45.0 Å². The molecule has 2 rings (SSSR count). The Morgan fingerprint density at radius 1 is 1.40 bits per heavy atom. The molecular formula is C15H18N2O3. The van der Waals surface area contributed by atoms with Crippen LogP contribution in [0.1, 0.15) is 31.7 Å². The Bertz CT molecular complexity index is 617. The summed E-state index contributed by atoms with van der Waals surface area (Å²) in [6.45, 7) is 5.75. The van der Waals surface area contributed by atoms with E-state index in [0.29, 0.717) is 18.1 Å². The number of aliphatic carboxylic acids is 1. The van der Waals surface area contributed by atoms with Gasteiger partial charge < -0.3 is 9.63 Å². The molecule has 2 aromatic rings. The first-order chi connectivity index (χ1) is 9.35. The van der Waals surface area contributed by atoms with Crippen LogP contribution in [0, 0.1) is 12.3 Å². The summed E-state index contributed by atoms with van der Waals surface area (Å²) in [5.74, 6) is 0.177. The highest BCUT2D eigenvalue weighted by atomic mass is 16.5. The third kappa shape index (κ3) is 3.66. The molecule has 0 radical (unpaired) electrons. The van der Waals surface area contributed by atoms with Crippen molar-refractivity contribution in [2.24, 2.45) is 5.41 Å². The van der Waals surface area contributed by atoms with Crippen LogP contribution in [0.15, 0.2) is 28.8 Å². The molecule has 0 aliphatic rings. The zero-order valence-corrected chi connectivity index (χ0v) is 11.9. The fourth-order valence-electron chi connectivity index (χ4n) is 2.11. The number of rotatable bonds is 5. The van der Waals surface area contributed by atoms with Crippen LogP contribution in [0.5, 0.6) is 0 Å². The molecule has 1 N–H and O–H groups in total. The average molecular weight is 274 g/mol. The van der Waals surface area contributed by atoms with Gasteiger partial charge in [-0.15, -0.1) is 0 Å². The van der Waals surface area contributed by atoms with Gasteiger partial charge in [-0.2, -0.15) is 4.98 Å². The van der Waals surface area contributed by atoms with Gasteiger partial charge in [-0.3, -0.25) is 4.79 Å². The number of carboxylic acid groups (broad SMARTS) is 1. The molecule has 5 nitrogen and oxygen atoms in total. The lowest BCUT2D eigenvalue weighted by Gasteiger charge is -2.19. The summed E-state index contributed by atoms with van der Waals surface area (Å²) in [5, 5.41) is 12.8. The van der Waals surface area contributed by atoms with E-state index < -0.39 is 11.4 Å². The molecule has 0 unspecified atom stereocenters. The number of carbonyl (C=O) groups is 1. The fraction of sp³-hybridized carbons (Fsp3) is 0.400. The van der Waals surface area contributed by atoms with Crippen LogP contribution in [0.4, 0.5) is 0 Å². The Labute approximate surface area is 117 Å². The van der Waals surface area contributed by atoms with Gasteiger partial charge in [0.15, 0.2) is 0 Å². The van der Waals surface area contributed by atoms with Gasteiger partial charge in [0.2, 0.25) is 11.7 Å². The van der Waals surface area contributed by atoms with Gasteiger partial charge in [0.1, 0.15) is 0 Å². The smallest absolute Gasteiger partial charge is 0.303 e. The fourth-order valence-corrected chi connectivity index (χ4v) is 2.11. The molecule has 0 amide bonds. The monoisotopic (exact) mass is 274 g/mol. The van der Waals surface area contributed by atoms with E-state index in [0.717, 1.165) is 11.1 Å². The first-order valence-corrected chi connectivity index (χ1v) is 6.47. The molecule has 1 heterocycles. The highest BCUT2D eigenvalue weighted by Gasteiger charge is 2.25. The van der Waals surface area contributed by atoms with Crippen LogP contribution in [0.25, 0.3) is 11.4 Å². The number of benzene rings is 1. The predicted molar refractivity (Wildman–Crippen MR) is 74.2 cm³/mol. The summed E-state index contributed by atoms with van der Waals surface area (Å²) in [6.07, 6.45) is 0.507. The molecule has 5 heteroatoms. The normalized spacial score (nSPS) is 11.6. The second-order valence-corrected chi connectivity index (χ2v) is 5.79. The van der Waals surface area contributed by atoms with Crippen LogP contribution in [-0.2, 0) is 11.2 Å². The van der Waals surface area contributed by atoms with E-state index in [1.165, 1.54) is 0 Å². The predicted octanol–water partition coefficient (Wildman–Crippen LogP) is 3.09. The number of nitrogens with zero attached hydrogens (tertiary/aromatic N) is 2. The van der Waals surface area contributed by atoms with Gasteiger partial charge in [-0.05, 0) is 18.4 Å². The summed E-state index contributed by atoms with van der Waals surface area (Å²) < 4.78 is 5.22. The average Bonchev–Trinajstić information content (AvgIpc) is 2.74. The maximum Gasteiger partial charge on any atom is 0.303 e. The maximum absolute atomic E-state index is 10.8. The molecule has 0 spiro atoms. The van der Waals surface area contributed by atoms with Gasteiger partial charge in [-0.25, -0.2) is 0 Å². The van der Waals surface area contributed by atoms with Gasteiger partial charge in [0.05, 0.1) is 6.42 Å². The Balaban J connectivity index is 2.15. The van der Waals surface area contributed by atoms with Gasteiger partial charge in [0, 0.05) is 12.0 Å². The molecule has 1 aromatic carbocycles. The number of aryl methyl sites for hydroxylation is 1. The molecular weight excluding hydrogens is 256 g/mol. The molecule has 0 aliphatic carbocycles. The number of hydrogen-bond acceptors (Lipinski definition) is 4. The van der Waals surface area contributed by atoms with Crippen LogP contribution in [0.2, 0.25) is 0 Å². The van der Waals surface area contributed by atoms with E-state index in [4.69, 9.17) is 9.63 Å². The van der Waals surface area contributed by atoms with Crippen molar-refractivity contribution in [2.75, 3.05) is 0 Å². The highest BCUT2D eigenvalue weighted by Crippen LogP contribution is 2.26. The molecule has 0 atom stereocenters. The molecule has 0 bridgehead atoms. The molecule has 0 aliphatic heterocycles. The third-order valence-electron chi connectivity index (χ3n) is 3.00. The maximum atomic E-state index is 10.8. The standard InChI is InChI=1S/C15H18N2O3/c1-10-5-4-6-11(7-10)14-16-12(20-17-14)8-15(2,3)9-13(18)19/h4-7H,8-9H2,1-3H3,(H,18,19). The lowest BCUT2D eigenvalue weighted by Crippen LogP contribution is -2.19. The summed E-state index contributed by atoms with van der Waals surface area (Å²) in [5.41, 5.74) is 1.61. The molecule has 106 valence electrons. The Hall–Kier alpha value is -2.17. The van der Waals surface area contributed by atoms with Crippen LogP contribution in [0.3, 0.4) is 0 Å². The Morgan fingerprint density at radius 3 is 2.80 bits per heavy atom. The largest absolute Gasteiger partial charge is 0.481 e. The van der Waals surface area contributed by atoms with E-state index >= 15 is 0 Å². The first-order valence-electron chi connectivity index (χ1n) is 6.47. The first kappa shape index (κ1) is 14.2. The van der Waals surface area contributed by atoms with E-state index in [1.54, 1.807) is 0 Å². The third-order valence-corrected chi connectivity index (χ3v) is 3.00. The van der Waals surface area contributed by atoms with Crippen LogP contribution >= 0.6 is 0 Å². The summed E-state index contributed by atoms with van der Waals surface area (Å²) in [6, 6.07) is 7.84. The van der Waals surface area contributed by atoms with Crippen molar-refractivity contribution in [2.45, 2.75) is 33.6 Å². The molecule has 0 saturated carbocycles.